The molecular formula is C23H22ClN3O4. The van der Waals surface area contributed by atoms with E-state index in [0.29, 0.717) is 10.7 Å². The van der Waals surface area contributed by atoms with Crippen molar-refractivity contribution < 1.29 is 19.1 Å². The maximum atomic E-state index is 12.9. The highest BCUT2D eigenvalue weighted by molar-refractivity contribution is 6.33. The molecule has 1 aliphatic rings. The first-order valence-corrected chi connectivity index (χ1v) is 10.3. The van der Waals surface area contributed by atoms with Crippen LogP contribution in [0.25, 0.3) is 10.9 Å². The number of methoxy groups -OCH3 is 1. The van der Waals surface area contributed by atoms with Crippen molar-refractivity contribution in [1.82, 2.24) is 10.3 Å². The minimum Gasteiger partial charge on any atom is -0.467 e. The third-order valence-electron chi connectivity index (χ3n) is 5.54. The van der Waals surface area contributed by atoms with Gasteiger partial charge in [-0.1, -0.05) is 41.9 Å². The summed E-state index contributed by atoms with van der Waals surface area (Å²) in [5, 5.41) is 4.21. The van der Waals surface area contributed by atoms with Gasteiger partial charge in [0.05, 0.1) is 23.7 Å². The van der Waals surface area contributed by atoms with Crippen LogP contribution in [0.5, 0.6) is 0 Å². The van der Waals surface area contributed by atoms with Gasteiger partial charge in [-0.3, -0.25) is 9.59 Å². The van der Waals surface area contributed by atoms with Gasteiger partial charge in [0.15, 0.2) is 0 Å². The fraction of sp³-hybridized carbons (Fsp3) is 0.261. The zero-order valence-corrected chi connectivity index (χ0v) is 17.7. The van der Waals surface area contributed by atoms with Crippen LogP contribution in [-0.2, 0) is 25.5 Å². The van der Waals surface area contributed by atoms with E-state index in [1.807, 2.05) is 30.5 Å². The number of aromatic amines is 1. The number of halogens is 1. The van der Waals surface area contributed by atoms with E-state index >= 15 is 0 Å². The van der Waals surface area contributed by atoms with Crippen molar-refractivity contribution in [3.05, 3.63) is 65.3 Å². The Hall–Kier alpha value is -3.32. The van der Waals surface area contributed by atoms with E-state index < -0.39 is 17.9 Å². The summed E-state index contributed by atoms with van der Waals surface area (Å²) in [6, 6.07) is 13.9. The molecule has 31 heavy (non-hydrogen) atoms. The molecule has 2 aromatic carbocycles. The molecule has 160 valence electrons. The van der Waals surface area contributed by atoms with E-state index in [0.717, 1.165) is 16.5 Å². The van der Waals surface area contributed by atoms with E-state index in [2.05, 4.69) is 10.3 Å². The molecule has 1 aliphatic heterocycles. The number of para-hydroxylation sites is 2. The Morgan fingerprint density at radius 3 is 2.74 bits per heavy atom. The number of rotatable bonds is 6. The minimum absolute atomic E-state index is 0.0536. The first-order chi connectivity index (χ1) is 15.0. The molecule has 1 fully saturated rings. The molecule has 1 aromatic heterocycles. The Balaban J connectivity index is 1.49. The fourth-order valence-corrected chi connectivity index (χ4v) is 4.17. The first kappa shape index (κ1) is 20.9. The molecule has 3 aromatic rings. The number of fused-ring (bicyclic) bond motifs is 1. The zero-order valence-electron chi connectivity index (χ0n) is 16.9. The van der Waals surface area contributed by atoms with Crippen LogP contribution in [0.2, 0.25) is 5.02 Å². The number of aromatic nitrogens is 1. The van der Waals surface area contributed by atoms with Crippen LogP contribution < -0.4 is 10.2 Å². The van der Waals surface area contributed by atoms with E-state index in [-0.39, 0.29) is 31.2 Å². The van der Waals surface area contributed by atoms with Crippen LogP contribution >= 0.6 is 11.6 Å². The Bertz CT molecular complexity index is 1140. The quantitative estimate of drug-likeness (QED) is 0.577. The Kier molecular flexibility index (Phi) is 5.95. The maximum absolute atomic E-state index is 12.9. The number of amides is 2. The topological polar surface area (TPSA) is 91.5 Å². The van der Waals surface area contributed by atoms with Crippen LogP contribution in [0.1, 0.15) is 12.0 Å². The van der Waals surface area contributed by atoms with Crippen molar-refractivity contribution in [1.29, 1.82) is 0 Å². The fourth-order valence-electron chi connectivity index (χ4n) is 3.93. The number of hydrogen-bond donors (Lipinski definition) is 2. The highest BCUT2D eigenvalue weighted by atomic mass is 35.5. The summed E-state index contributed by atoms with van der Waals surface area (Å²) in [5.41, 5.74) is 2.42. The third-order valence-corrected chi connectivity index (χ3v) is 5.86. The number of hydrogen-bond acceptors (Lipinski definition) is 4. The average molecular weight is 440 g/mol. The molecule has 4 rings (SSSR count). The molecule has 8 heteroatoms. The lowest BCUT2D eigenvalue weighted by Gasteiger charge is -2.20. The summed E-state index contributed by atoms with van der Waals surface area (Å²) in [6.07, 6.45) is 2.15. The minimum atomic E-state index is -0.860. The molecule has 0 aliphatic carbocycles. The molecule has 0 bridgehead atoms. The number of anilines is 1. The standard InChI is InChI=1S/C23H22ClN3O4/c1-31-23(30)19(10-14-12-25-18-8-4-2-6-16(14)18)26-22(29)15-11-21(28)27(13-15)20-9-5-3-7-17(20)24/h2-9,12,15,19,25H,10-11,13H2,1H3,(H,26,29). The smallest absolute Gasteiger partial charge is 0.328 e. The van der Waals surface area contributed by atoms with Gasteiger partial charge >= 0.3 is 5.97 Å². The number of ether oxygens (including phenoxy) is 1. The van der Waals surface area contributed by atoms with Crippen LogP contribution in [0.15, 0.2) is 54.7 Å². The molecule has 2 atom stereocenters. The van der Waals surface area contributed by atoms with Crippen molar-refractivity contribution in [2.24, 2.45) is 5.92 Å². The van der Waals surface area contributed by atoms with Gasteiger partial charge in [0.1, 0.15) is 6.04 Å². The van der Waals surface area contributed by atoms with Crippen LogP contribution in [0.4, 0.5) is 5.69 Å². The van der Waals surface area contributed by atoms with Gasteiger partial charge in [0, 0.05) is 36.5 Å². The number of esters is 1. The van der Waals surface area contributed by atoms with Crippen molar-refractivity contribution in [2.75, 3.05) is 18.6 Å². The lowest BCUT2D eigenvalue weighted by atomic mass is 10.0. The van der Waals surface area contributed by atoms with E-state index in [9.17, 15) is 14.4 Å². The van der Waals surface area contributed by atoms with Crippen molar-refractivity contribution in [3.8, 4) is 0 Å². The van der Waals surface area contributed by atoms with E-state index in [1.54, 1.807) is 24.3 Å². The number of benzene rings is 2. The summed E-state index contributed by atoms with van der Waals surface area (Å²) >= 11 is 6.21. The number of nitrogens with one attached hydrogen (secondary N) is 2. The molecule has 0 spiro atoms. The van der Waals surface area contributed by atoms with Gasteiger partial charge in [0.25, 0.3) is 0 Å². The predicted octanol–water partition coefficient (Wildman–Crippen LogP) is 3.07. The van der Waals surface area contributed by atoms with Crippen molar-refractivity contribution in [2.45, 2.75) is 18.9 Å². The summed E-state index contributed by atoms with van der Waals surface area (Å²) in [4.78, 5) is 42.5. The predicted molar refractivity (Wildman–Crippen MR) is 118 cm³/mol. The molecule has 1 saturated heterocycles. The molecule has 2 heterocycles. The van der Waals surface area contributed by atoms with Gasteiger partial charge in [0.2, 0.25) is 11.8 Å². The van der Waals surface area contributed by atoms with Gasteiger partial charge in [-0.05, 0) is 23.8 Å². The second kappa shape index (κ2) is 8.81. The summed E-state index contributed by atoms with van der Waals surface area (Å²) in [6.45, 7) is 0.204. The Morgan fingerprint density at radius 1 is 1.23 bits per heavy atom. The third kappa shape index (κ3) is 4.27. The molecule has 0 saturated carbocycles. The highest BCUT2D eigenvalue weighted by Crippen LogP contribution is 2.31. The number of carbonyl (C=O) groups is 3. The molecular weight excluding hydrogens is 418 g/mol. The van der Waals surface area contributed by atoms with Crippen molar-refractivity contribution >= 4 is 46.0 Å². The monoisotopic (exact) mass is 439 g/mol. The lowest BCUT2D eigenvalue weighted by molar-refractivity contribution is -0.145. The van der Waals surface area contributed by atoms with Gasteiger partial charge < -0.3 is 19.9 Å². The zero-order chi connectivity index (χ0) is 22.0. The Morgan fingerprint density at radius 2 is 1.97 bits per heavy atom. The first-order valence-electron chi connectivity index (χ1n) is 9.96. The van der Waals surface area contributed by atoms with Gasteiger partial charge in [-0.2, -0.15) is 0 Å². The number of H-pyrrole nitrogens is 1. The summed E-state index contributed by atoms with van der Waals surface area (Å²) < 4.78 is 4.91. The molecule has 2 amide bonds. The number of nitrogens with zero attached hydrogens (tertiary/aromatic N) is 1. The second-order valence-electron chi connectivity index (χ2n) is 7.50. The van der Waals surface area contributed by atoms with Crippen LogP contribution in [0, 0.1) is 5.92 Å². The molecule has 0 radical (unpaired) electrons. The number of carbonyl (C=O) groups excluding carboxylic acids is 3. The van der Waals surface area contributed by atoms with Gasteiger partial charge in [-0.25, -0.2) is 4.79 Å². The van der Waals surface area contributed by atoms with Gasteiger partial charge in [-0.15, -0.1) is 0 Å². The SMILES string of the molecule is COC(=O)C(Cc1c[nH]c2ccccc12)NC(=O)C1CC(=O)N(c2ccccc2Cl)C1. The summed E-state index contributed by atoms with van der Waals surface area (Å²) in [5.74, 6) is -1.66. The second-order valence-corrected chi connectivity index (χ2v) is 7.91. The lowest BCUT2D eigenvalue weighted by Crippen LogP contribution is -2.46. The maximum Gasteiger partial charge on any atom is 0.328 e. The average Bonchev–Trinajstić information content (AvgIpc) is 3.37. The molecule has 2 N–H and O–H groups in total. The molecule has 7 nitrogen and oxygen atoms in total. The van der Waals surface area contributed by atoms with Crippen molar-refractivity contribution in [3.63, 3.8) is 0 Å². The van der Waals surface area contributed by atoms with E-state index in [1.165, 1.54) is 12.0 Å². The van der Waals surface area contributed by atoms with E-state index in [4.69, 9.17) is 16.3 Å². The summed E-state index contributed by atoms with van der Waals surface area (Å²) in [7, 11) is 1.29. The van der Waals surface area contributed by atoms with Crippen LogP contribution in [-0.4, -0.2) is 42.5 Å². The largest absolute Gasteiger partial charge is 0.467 e. The molecule has 2 unspecified atom stereocenters. The Labute approximate surface area is 184 Å². The van der Waals surface area contributed by atoms with Crippen LogP contribution in [0.3, 0.4) is 0 Å². The normalized spacial score (nSPS) is 17.0. The highest BCUT2D eigenvalue weighted by Gasteiger charge is 2.37.